The van der Waals surface area contributed by atoms with Crippen LogP contribution >= 0.6 is 11.6 Å². The highest BCUT2D eigenvalue weighted by Gasteiger charge is 2.25. The second-order valence-corrected chi connectivity index (χ2v) is 5.83. The maximum absolute atomic E-state index is 12.3. The number of rotatable bonds is 4. The zero-order valence-corrected chi connectivity index (χ0v) is 12.8. The van der Waals surface area contributed by atoms with Crippen molar-refractivity contribution in [2.24, 2.45) is 11.7 Å². The topological polar surface area (TPSA) is 75.4 Å². The number of halogens is 1. The Labute approximate surface area is 129 Å². The van der Waals surface area contributed by atoms with E-state index in [0.717, 1.165) is 37.2 Å². The molecule has 1 fully saturated rings. The quantitative estimate of drug-likeness (QED) is 0.890. The highest BCUT2D eigenvalue weighted by Crippen LogP contribution is 2.25. The molecule has 0 atom stereocenters. The van der Waals surface area contributed by atoms with Gasteiger partial charge in [-0.05, 0) is 50.6 Å². The second kappa shape index (κ2) is 6.91. The number of nitrogens with zero attached hydrogens (tertiary/aromatic N) is 1. The molecule has 21 heavy (non-hydrogen) atoms. The molecule has 1 saturated heterocycles. The molecule has 0 aromatic heterocycles. The molecule has 1 heterocycles. The van der Waals surface area contributed by atoms with Gasteiger partial charge < -0.3 is 11.1 Å². The Bertz CT molecular complexity index is 540. The monoisotopic (exact) mass is 309 g/mol. The number of carbonyl (C=O) groups is 2. The van der Waals surface area contributed by atoms with Crippen LogP contribution in [0.25, 0.3) is 0 Å². The Morgan fingerprint density at radius 1 is 1.38 bits per heavy atom. The first-order chi connectivity index (χ1) is 9.97. The van der Waals surface area contributed by atoms with Gasteiger partial charge in [-0.1, -0.05) is 17.7 Å². The van der Waals surface area contributed by atoms with Crippen LogP contribution in [-0.2, 0) is 9.59 Å². The van der Waals surface area contributed by atoms with Crippen molar-refractivity contribution in [1.29, 1.82) is 0 Å². The number of amides is 2. The van der Waals surface area contributed by atoms with Gasteiger partial charge in [0.1, 0.15) is 0 Å². The van der Waals surface area contributed by atoms with E-state index in [1.807, 2.05) is 24.0 Å². The van der Waals surface area contributed by atoms with Gasteiger partial charge in [0, 0.05) is 16.6 Å². The molecule has 2 rings (SSSR count). The van der Waals surface area contributed by atoms with Gasteiger partial charge in [0.05, 0.1) is 6.54 Å². The number of piperidine rings is 1. The van der Waals surface area contributed by atoms with Crippen LogP contribution < -0.4 is 11.1 Å². The van der Waals surface area contributed by atoms with Crippen LogP contribution in [0.1, 0.15) is 18.4 Å². The summed E-state index contributed by atoms with van der Waals surface area (Å²) in [6, 6.07) is 5.47. The van der Waals surface area contributed by atoms with Gasteiger partial charge >= 0.3 is 0 Å². The van der Waals surface area contributed by atoms with Gasteiger partial charge in [-0.3, -0.25) is 14.5 Å². The van der Waals surface area contributed by atoms with Gasteiger partial charge in [0.15, 0.2) is 0 Å². The molecule has 1 aromatic rings. The lowest BCUT2D eigenvalue weighted by molar-refractivity contribution is -0.122. The third-order valence-electron chi connectivity index (χ3n) is 3.86. The van der Waals surface area contributed by atoms with Gasteiger partial charge in [-0.15, -0.1) is 0 Å². The van der Waals surface area contributed by atoms with Crippen LogP contribution in [0.15, 0.2) is 18.2 Å². The van der Waals surface area contributed by atoms with E-state index in [1.165, 1.54) is 0 Å². The highest BCUT2D eigenvalue weighted by atomic mass is 35.5. The van der Waals surface area contributed by atoms with E-state index in [4.69, 9.17) is 17.3 Å². The Hall–Kier alpha value is -1.59. The van der Waals surface area contributed by atoms with Crippen molar-refractivity contribution in [1.82, 2.24) is 4.90 Å². The van der Waals surface area contributed by atoms with E-state index in [2.05, 4.69) is 5.32 Å². The molecular formula is C15H20ClN3O2. The number of hydrogen-bond acceptors (Lipinski definition) is 3. The molecule has 1 aliphatic rings. The lowest BCUT2D eigenvalue weighted by Crippen LogP contribution is -2.42. The minimum absolute atomic E-state index is 0.0130. The molecule has 6 heteroatoms. The second-order valence-electron chi connectivity index (χ2n) is 5.42. The highest BCUT2D eigenvalue weighted by molar-refractivity contribution is 6.31. The molecular weight excluding hydrogens is 290 g/mol. The summed E-state index contributed by atoms with van der Waals surface area (Å²) in [6.07, 6.45) is 1.47. The predicted octanol–water partition coefficient (Wildman–Crippen LogP) is 1.78. The molecule has 1 aliphatic heterocycles. The Morgan fingerprint density at radius 2 is 2.05 bits per heavy atom. The van der Waals surface area contributed by atoms with Crippen molar-refractivity contribution in [3.63, 3.8) is 0 Å². The number of benzene rings is 1. The summed E-state index contributed by atoms with van der Waals surface area (Å²) in [5.41, 5.74) is 6.81. The summed E-state index contributed by atoms with van der Waals surface area (Å²) in [5, 5.41) is 3.59. The first-order valence-electron chi connectivity index (χ1n) is 7.04. The number of nitrogens with two attached hydrogens (primary N) is 1. The van der Waals surface area contributed by atoms with Crippen molar-refractivity contribution in [2.45, 2.75) is 19.8 Å². The zero-order chi connectivity index (χ0) is 15.4. The summed E-state index contributed by atoms with van der Waals surface area (Å²) in [4.78, 5) is 25.2. The minimum Gasteiger partial charge on any atom is -0.369 e. The van der Waals surface area contributed by atoms with E-state index in [1.54, 1.807) is 6.07 Å². The third kappa shape index (κ3) is 4.19. The molecule has 5 nitrogen and oxygen atoms in total. The van der Waals surface area contributed by atoms with E-state index < -0.39 is 0 Å². The molecule has 0 spiro atoms. The lowest BCUT2D eigenvalue weighted by atomic mass is 9.95. The average molecular weight is 310 g/mol. The van der Waals surface area contributed by atoms with Crippen LogP contribution in [-0.4, -0.2) is 36.3 Å². The zero-order valence-electron chi connectivity index (χ0n) is 12.1. The maximum atomic E-state index is 12.3. The molecule has 2 amide bonds. The summed E-state index contributed by atoms with van der Waals surface area (Å²) in [5.74, 6) is -0.348. The van der Waals surface area contributed by atoms with Crippen LogP contribution in [0.3, 0.4) is 0 Å². The SMILES string of the molecule is Cc1c(Cl)cccc1NC(=O)C1CCN(CC(N)=O)CC1. The molecule has 0 saturated carbocycles. The molecule has 0 bridgehead atoms. The largest absolute Gasteiger partial charge is 0.369 e. The summed E-state index contributed by atoms with van der Waals surface area (Å²) >= 11 is 6.05. The number of nitrogens with one attached hydrogen (secondary N) is 1. The van der Waals surface area contributed by atoms with Gasteiger partial charge in [0.25, 0.3) is 0 Å². The Kier molecular flexibility index (Phi) is 5.20. The number of carbonyl (C=O) groups excluding carboxylic acids is 2. The number of hydrogen-bond donors (Lipinski definition) is 2. The van der Waals surface area contributed by atoms with Crippen molar-refractivity contribution >= 4 is 29.1 Å². The molecule has 0 unspecified atom stereocenters. The van der Waals surface area contributed by atoms with Crippen LogP contribution in [0.5, 0.6) is 0 Å². The van der Waals surface area contributed by atoms with Crippen LogP contribution in [0, 0.1) is 12.8 Å². The number of likely N-dealkylation sites (tertiary alicyclic amines) is 1. The van der Waals surface area contributed by atoms with E-state index >= 15 is 0 Å². The number of anilines is 1. The van der Waals surface area contributed by atoms with Gasteiger partial charge in [0.2, 0.25) is 11.8 Å². The summed E-state index contributed by atoms with van der Waals surface area (Å²) in [6.45, 7) is 3.58. The standard InChI is InChI=1S/C15H20ClN3O2/c1-10-12(16)3-2-4-13(10)18-15(21)11-5-7-19(8-6-11)9-14(17)20/h2-4,11H,5-9H2,1H3,(H2,17,20)(H,18,21). The first kappa shape index (κ1) is 15.8. The van der Waals surface area contributed by atoms with Gasteiger partial charge in [-0.25, -0.2) is 0 Å². The van der Waals surface area contributed by atoms with Crippen molar-refractivity contribution in [3.8, 4) is 0 Å². The Morgan fingerprint density at radius 3 is 2.67 bits per heavy atom. The first-order valence-corrected chi connectivity index (χ1v) is 7.42. The minimum atomic E-state index is -0.326. The van der Waals surface area contributed by atoms with Crippen molar-refractivity contribution in [3.05, 3.63) is 28.8 Å². The van der Waals surface area contributed by atoms with Crippen molar-refractivity contribution in [2.75, 3.05) is 25.0 Å². The Balaban J connectivity index is 1.90. The third-order valence-corrected chi connectivity index (χ3v) is 4.27. The molecule has 114 valence electrons. The average Bonchev–Trinajstić information content (AvgIpc) is 2.44. The maximum Gasteiger partial charge on any atom is 0.231 e. The fourth-order valence-corrected chi connectivity index (χ4v) is 2.73. The van der Waals surface area contributed by atoms with Crippen LogP contribution in [0.2, 0.25) is 5.02 Å². The molecule has 0 aliphatic carbocycles. The molecule has 0 radical (unpaired) electrons. The molecule has 1 aromatic carbocycles. The van der Waals surface area contributed by atoms with E-state index in [-0.39, 0.29) is 24.3 Å². The smallest absolute Gasteiger partial charge is 0.231 e. The molecule has 3 N–H and O–H groups in total. The summed E-state index contributed by atoms with van der Waals surface area (Å²) < 4.78 is 0. The fourth-order valence-electron chi connectivity index (χ4n) is 2.55. The predicted molar refractivity (Wildman–Crippen MR) is 83.2 cm³/mol. The number of primary amides is 1. The summed E-state index contributed by atoms with van der Waals surface area (Å²) in [7, 11) is 0. The van der Waals surface area contributed by atoms with Gasteiger partial charge in [-0.2, -0.15) is 0 Å². The van der Waals surface area contributed by atoms with E-state index in [0.29, 0.717) is 5.02 Å². The fraction of sp³-hybridized carbons (Fsp3) is 0.467. The normalized spacial score (nSPS) is 16.7. The van der Waals surface area contributed by atoms with Crippen molar-refractivity contribution < 1.29 is 9.59 Å². The van der Waals surface area contributed by atoms with Crippen LogP contribution in [0.4, 0.5) is 5.69 Å². The lowest BCUT2D eigenvalue weighted by Gasteiger charge is -2.30. The van der Waals surface area contributed by atoms with E-state index in [9.17, 15) is 9.59 Å².